The molecule has 1 aliphatic heterocycles. The molecule has 1 N–H and O–H groups in total. The molecule has 1 aromatic carbocycles. The quantitative estimate of drug-likeness (QED) is 0.836. The van der Waals surface area contributed by atoms with Crippen molar-refractivity contribution in [3.63, 3.8) is 0 Å². The van der Waals surface area contributed by atoms with Gasteiger partial charge in [0.15, 0.2) is 0 Å². The molecule has 1 heterocycles. The first-order valence-corrected chi connectivity index (χ1v) is 8.21. The summed E-state index contributed by atoms with van der Waals surface area (Å²) in [6.07, 6.45) is 3.04. The molecule has 3 rings (SSSR count). The number of nitrogens with zero attached hydrogens (tertiary/aromatic N) is 1. The van der Waals surface area contributed by atoms with Gasteiger partial charge in [-0.15, -0.1) is 0 Å². The van der Waals surface area contributed by atoms with Crippen molar-refractivity contribution in [2.24, 2.45) is 0 Å². The fraction of sp³-hybridized carbons (Fsp3) is 0.500. The number of imide groups is 1. The van der Waals surface area contributed by atoms with Crippen LogP contribution in [0.5, 0.6) is 5.75 Å². The highest BCUT2D eigenvalue weighted by Crippen LogP contribution is 2.45. The highest BCUT2D eigenvalue weighted by Gasteiger charge is 2.56. The molecule has 0 unspecified atom stereocenters. The zero-order valence-corrected chi connectivity index (χ0v) is 13.7. The fourth-order valence-corrected chi connectivity index (χ4v) is 4.04. The van der Waals surface area contributed by atoms with Gasteiger partial charge in [0.25, 0.3) is 0 Å². The molecule has 2 aliphatic rings. The summed E-state index contributed by atoms with van der Waals surface area (Å²) in [5.74, 6) is -1.34. The summed E-state index contributed by atoms with van der Waals surface area (Å²) in [6.45, 7) is 0. The summed E-state index contributed by atoms with van der Waals surface area (Å²) in [6, 6.07) is 6.76. The first-order chi connectivity index (χ1) is 11.5. The lowest BCUT2D eigenvalue weighted by Crippen LogP contribution is -2.44. The van der Waals surface area contributed by atoms with Crippen molar-refractivity contribution >= 4 is 17.8 Å². The van der Waals surface area contributed by atoms with E-state index in [1.165, 1.54) is 12.0 Å². The highest BCUT2D eigenvalue weighted by atomic mass is 16.5. The summed E-state index contributed by atoms with van der Waals surface area (Å²) in [4.78, 5) is 38.6. The second-order valence-electron chi connectivity index (χ2n) is 6.54. The molecule has 0 spiro atoms. The SMILES string of the molecule is COc1ccccc1[C@@]1(CC(=O)O)CC(=O)N(C2CCCC2)C1=O. The maximum absolute atomic E-state index is 13.2. The number of carbonyl (C=O) groups excluding carboxylic acids is 2. The smallest absolute Gasteiger partial charge is 0.304 e. The predicted molar refractivity (Wildman–Crippen MR) is 85.7 cm³/mol. The van der Waals surface area contributed by atoms with Crippen LogP contribution in [-0.2, 0) is 19.8 Å². The molecule has 0 bridgehead atoms. The van der Waals surface area contributed by atoms with Crippen LogP contribution < -0.4 is 4.74 Å². The maximum atomic E-state index is 13.2. The Morgan fingerprint density at radius 3 is 2.58 bits per heavy atom. The van der Waals surface area contributed by atoms with Crippen molar-refractivity contribution < 1.29 is 24.2 Å². The predicted octanol–water partition coefficient (Wildman–Crippen LogP) is 2.11. The number of carboxylic acids is 1. The molecule has 128 valence electrons. The molecule has 1 aliphatic carbocycles. The Hall–Kier alpha value is -2.37. The minimum absolute atomic E-state index is 0.102. The summed E-state index contributed by atoms with van der Waals surface area (Å²) in [7, 11) is 1.48. The van der Waals surface area contributed by atoms with E-state index in [2.05, 4.69) is 0 Å². The van der Waals surface area contributed by atoms with Crippen molar-refractivity contribution in [1.29, 1.82) is 0 Å². The summed E-state index contributed by atoms with van der Waals surface area (Å²) >= 11 is 0. The average Bonchev–Trinajstić information content (AvgIpc) is 3.14. The molecule has 1 aromatic rings. The van der Waals surface area contributed by atoms with Crippen LogP contribution in [-0.4, -0.2) is 40.9 Å². The van der Waals surface area contributed by atoms with E-state index in [0.717, 1.165) is 25.7 Å². The number of rotatable bonds is 5. The molecule has 6 heteroatoms. The standard InChI is InChI=1S/C18H21NO5/c1-24-14-9-5-4-8-13(14)18(11-16(21)22)10-15(20)19(17(18)23)12-6-2-3-7-12/h4-5,8-9,12H,2-3,6-7,10-11H2,1H3,(H,21,22)/t18-/m0/s1. The largest absolute Gasteiger partial charge is 0.496 e. The normalized spacial score (nSPS) is 24.6. The lowest BCUT2D eigenvalue weighted by Gasteiger charge is -2.29. The van der Waals surface area contributed by atoms with Crippen LogP contribution >= 0.6 is 0 Å². The van der Waals surface area contributed by atoms with E-state index in [0.29, 0.717) is 11.3 Å². The second-order valence-corrected chi connectivity index (χ2v) is 6.54. The highest BCUT2D eigenvalue weighted by molar-refractivity contribution is 6.11. The van der Waals surface area contributed by atoms with Crippen LogP contribution in [0.4, 0.5) is 0 Å². The lowest BCUT2D eigenvalue weighted by atomic mass is 9.75. The molecule has 1 atom stereocenters. The second kappa shape index (κ2) is 6.26. The van der Waals surface area contributed by atoms with Crippen molar-refractivity contribution in [2.75, 3.05) is 7.11 Å². The molecule has 24 heavy (non-hydrogen) atoms. The van der Waals surface area contributed by atoms with Gasteiger partial charge in [0.1, 0.15) is 5.75 Å². The zero-order valence-electron chi connectivity index (χ0n) is 13.7. The number of hydrogen-bond donors (Lipinski definition) is 1. The van der Waals surface area contributed by atoms with Crippen molar-refractivity contribution in [2.45, 2.75) is 50.0 Å². The number of hydrogen-bond acceptors (Lipinski definition) is 4. The van der Waals surface area contributed by atoms with Crippen molar-refractivity contribution in [3.8, 4) is 5.75 Å². The average molecular weight is 331 g/mol. The van der Waals surface area contributed by atoms with Crippen LogP contribution in [0.3, 0.4) is 0 Å². The molecule has 6 nitrogen and oxygen atoms in total. The summed E-state index contributed by atoms with van der Waals surface area (Å²) < 4.78 is 5.33. The van der Waals surface area contributed by atoms with Crippen LogP contribution in [0.2, 0.25) is 0 Å². The summed E-state index contributed by atoms with van der Waals surface area (Å²) in [5, 5.41) is 9.40. The number of methoxy groups -OCH3 is 1. The Kier molecular flexibility index (Phi) is 4.30. The first kappa shape index (κ1) is 16.5. The molecular weight excluding hydrogens is 310 g/mol. The minimum Gasteiger partial charge on any atom is -0.496 e. The van der Waals surface area contributed by atoms with Gasteiger partial charge in [0, 0.05) is 18.0 Å². The van der Waals surface area contributed by atoms with E-state index < -0.39 is 23.7 Å². The van der Waals surface area contributed by atoms with Crippen LogP contribution in [0.25, 0.3) is 0 Å². The van der Waals surface area contributed by atoms with E-state index in [-0.39, 0.29) is 18.4 Å². The number of likely N-dealkylation sites (tertiary alicyclic amines) is 1. The third kappa shape index (κ3) is 2.56. The maximum Gasteiger partial charge on any atom is 0.304 e. The number of carboxylic acid groups (broad SMARTS) is 1. The summed E-state index contributed by atoms with van der Waals surface area (Å²) in [5.41, 5.74) is -0.897. The van der Waals surface area contributed by atoms with Crippen LogP contribution in [0.15, 0.2) is 24.3 Å². The van der Waals surface area contributed by atoms with Gasteiger partial charge in [-0.1, -0.05) is 31.0 Å². The van der Waals surface area contributed by atoms with Crippen molar-refractivity contribution in [1.82, 2.24) is 4.90 Å². The van der Waals surface area contributed by atoms with Gasteiger partial charge in [-0.25, -0.2) is 0 Å². The van der Waals surface area contributed by atoms with Gasteiger partial charge in [0.05, 0.1) is 18.9 Å². The van der Waals surface area contributed by atoms with Gasteiger partial charge in [-0.3, -0.25) is 19.3 Å². The number of amides is 2. The third-order valence-corrected chi connectivity index (χ3v) is 5.12. The van der Waals surface area contributed by atoms with Gasteiger partial charge >= 0.3 is 5.97 Å². The minimum atomic E-state index is -1.38. The lowest BCUT2D eigenvalue weighted by molar-refractivity contribution is -0.146. The number of benzene rings is 1. The molecule has 1 saturated heterocycles. The molecule has 0 aromatic heterocycles. The Balaban J connectivity index is 2.08. The van der Waals surface area contributed by atoms with Gasteiger partial charge in [-0.05, 0) is 18.9 Å². The Morgan fingerprint density at radius 2 is 1.96 bits per heavy atom. The molecule has 1 saturated carbocycles. The zero-order chi connectivity index (χ0) is 17.3. The van der Waals surface area contributed by atoms with Crippen molar-refractivity contribution in [3.05, 3.63) is 29.8 Å². The molecule has 0 radical (unpaired) electrons. The first-order valence-electron chi connectivity index (χ1n) is 8.21. The molecule has 2 fully saturated rings. The number of ether oxygens (including phenoxy) is 1. The van der Waals surface area contributed by atoms with E-state index in [4.69, 9.17) is 4.74 Å². The molecular formula is C18H21NO5. The monoisotopic (exact) mass is 331 g/mol. The Bertz CT molecular complexity index is 680. The van der Waals surface area contributed by atoms with E-state index >= 15 is 0 Å². The molecule has 2 amide bonds. The van der Waals surface area contributed by atoms with Gasteiger partial charge in [0.2, 0.25) is 11.8 Å². The van der Waals surface area contributed by atoms with E-state index in [1.807, 2.05) is 0 Å². The number of carbonyl (C=O) groups is 3. The van der Waals surface area contributed by atoms with Crippen LogP contribution in [0, 0.1) is 0 Å². The Morgan fingerprint density at radius 1 is 1.29 bits per heavy atom. The van der Waals surface area contributed by atoms with E-state index in [9.17, 15) is 19.5 Å². The topological polar surface area (TPSA) is 83.9 Å². The van der Waals surface area contributed by atoms with E-state index in [1.54, 1.807) is 24.3 Å². The number of para-hydroxylation sites is 1. The Labute approximate surface area is 140 Å². The number of aliphatic carboxylic acids is 1. The fourth-order valence-electron chi connectivity index (χ4n) is 4.04. The van der Waals surface area contributed by atoms with Crippen LogP contribution in [0.1, 0.15) is 44.1 Å². The third-order valence-electron chi connectivity index (χ3n) is 5.12. The van der Waals surface area contributed by atoms with Gasteiger partial charge < -0.3 is 9.84 Å². The van der Waals surface area contributed by atoms with Gasteiger partial charge in [-0.2, -0.15) is 0 Å².